The summed E-state index contributed by atoms with van der Waals surface area (Å²) < 4.78 is 0. The molecule has 1 aromatic carbocycles. The van der Waals surface area contributed by atoms with E-state index in [0.29, 0.717) is 30.9 Å². The van der Waals surface area contributed by atoms with Gasteiger partial charge in [0.2, 0.25) is 11.8 Å². The predicted molar refractivity (Wildman–Crippen MR) is 102 cm³/mol. The Bertz CT molecular complexity index is 685. The van der Waals surface area contributed by atoms with Gasteiger partial charge >= 0.3 is 6.03 Å². The van der Waals surface area contributed by atoms with E-state index in [1.54, 1.807) is 29.2 Å². The molecule has 2 atom stereocenters. The number of hydrogen-bond acceptors (Lipinski definition) is 4. The summed E-state index contributed by atoms with van der Waals surface area (Å²) in [6.45, 7) is 2.80. The summed E-state index contributed by atoms with van der Waals surface area (Å²) >= 11 is 0. The molecular weight excluding hydrogens is 346 g/mol. The van der Waals surface area contributed by atoms with Crippen LogP contribution in [0.25, 0.3) is 0 Å². The van der Waals surface area contributed by atoms with E-state index in [4.69, 9.17) is 5.73 Å². The van der Waals surface area contributed by atoms with Gasteiger partial charge < -0.3 is 26.6 Å². The van der Waals surface area contributed by atoms with E-state index in [1.807, 2.05) is 0 Å². The van der Waals surface area contributed by atoms with Crippen molar-refractivity contribution in [1.29, 1.82) is 0 Å². The van der Waals surface area contributed by atoms with Crippen molar-refractivity contribution in [3.05, 3.63) is 29.8 Å². The summed E-state index contributed by atoms with van der Waals surface area (Å²) in [6, 6.07) is 6.25. The van der Waals surface area contributed by atoms with Crippen molar-refractivity contribution in [2.75, 3.05) is 31.5 Å². The molecule has 4 amide bonds. The number of nitrogens with zero attached hydrogens (tertiary/aromatic N) is 1. The van der Waals surface area contributed by atoms with Crippen LogP contribution in [0.2, 0.25) is 0 Å². The molecule has 5 N–H and O–H groups in total. The average molecular weight is 373 g/mol. The molecule has 3 rings (SSSR count). The largest absolute Gasteiger partial charge is 0.366 e. The van der Waals surface area contributed by atoms with E-state index in [-0.39, 0.29) is 23.9 Å². The Kier molecular flexibility index (Phi) is 6.28. The number of likely N-dealkylation sites (tertiary alicyclic amines) is 1. The molecule has 8 heteroatoms. The Balaban J connectivity index is 1.47. The first kappa shape index (κ1) is 19.2. The van der Waals surface area contributed by atoms with Crippen molar-refractivity contribution in [3.63, 3.8) is 0 Å². The van der Waals surface area contributed by atoms with Gasteiger partial charge in [-0.2, -0.15) is 0 Å². The highest BCUT2D eigenvalue weighted by atomic mass is 16.2. The SMILES string of the molecule is NC(=O)c1ccc(NC(=O)N2CCCC(CNC(=O)C3CCCN3)C2)cc1. The lowest BCUT2D eigenvalue weighted by Crippen LogP contribution is -2.47. The topological polar surface area (TPSA) is 117 Å². The van der Waals surface area contributed by atoms with Gasteiger partial charge in [-0.05, 0) is 62.4 Å². The molecule has 2 aliphatic heterocycles. The van der Waals surface area contributed by atoms with E-state index in [1.165, 1.54) is 0 Å². The molecule has 0 bridgehead atoms. The molecule has 2 fully saturated rings. The smallest absolute Gasteiger partial charge is 0.321 e. The predicted octanol–water partition coefficient (Wildman–Crippen LogP) is 0.898. The molecule has 8 nitrogen and oxygen atoms in total. The van der Waals surface area contributed by atoms with Crippen LogP contribution in [0, 0.1) is 5.92 Å². The normalized spacial score (nSPS) is 22.3. The van der Waals surface area contributed by atoms with Crippen LogP contribution < -0.4 is 21.7 Å². The summed E-state index contributed by atoms with van der Waals surface area (Å²) in [6.07, 6.45) is 3.83. The van der Waals surface area contributed by atoms with Gasteiger partial charge in [-0.3, -0.25) is 9.59 Å². The van der Waals surface area contributed by atoms with E-state index < -0.39 is 5.91 Å². The maximum atomic E-state index is 12.5. The number of nitrogens with one attached hydrogen (secondary N) is 3. The molecule has 0 spiro atoms. The third-order valence-corrected chi connectivity index (χ3v) is 5.17. The standard InChI is InChI=1S/C19H27N5O3/c20-17(25)14-5-7-15(8-6-14)23-19(27)24-10-2-3-13(12-24)11-22-18(26)16-4-1-9-21-16/h5-8,13,16,21H,1-4,9-12H2,(H2,20,25)(H,22,26)(H,23,27). The van der Waals surface area contributed by atoms with Crippen molar-refractivity contribution in [2.45, 2.75) is 31.7 Å². The van der Waals surface area contributed by atoms with E-state index in [2.05, 4.69) is 16.0 Å². The maximum absolute atomic E-state index is 12.5. The lowest BCUT2D eigenvalue weighted by molar-refractivity contribution is -0.123. The number of anilines is 1. The van der Waals surface area contributed by atoms with Crippen LogP contribution in [-0.2, 0) is 4.79 Å². The molecule has 27 heavy (non-hydrogen) atoms. The Labute approximate surface area is 158 Å². The van der Waals surface area contributed by atoms with Gasteiger partial charge in [0, 0.05) is 30.9 Å². The van der Waals surface area contributed by atoms with Crippen molar-refractivity contribution in [3.8, 4) is 0 Å². The van der Waals surface area contributed by atoms with Gasteiger partial charge in [-0.1, -0.05) is 0 Å². The number of primary amides is 1. The number of urea groups is 1. The molecule has 146 valence electrons. The zero-order valence-electron chi connectivity index (χ0n) is 15.4. The van der Waals surface area contributed by atoms with Crippen molar-refractivity contribution in [1.82, 2.24) is 15.5 Å². The highest BCUT2D eigenvalue weighted by Gasteiger charge is 2.26. The maximum Gasteiger partial charge on any atom is 0.321 e. The first-order chi connectivity index (χ1) is 13.0. The molecule has 2 saturated heterocycles. The van der Waals surface area contributed by atoms with E-state index >= 15 is 0 Å². The fourth-order valence-electron chi connectivity index (χ4n) is 3.61. The summed E-state index contributed by atoms with van der Waals surface area (Å²) in [5.41, 5.74) is 6.24. The fourth-order valence-corrected chi connectivity index (χ4v) is 3.61. The number of amides is 4. The van der Waals surface area contributed by atoms with Crippen LogP contribution in [0.3, 0.4) is 0 Å². The summed E-state index contributed by atoms with van der Waals surface area (Å²) in [4.78, 5) is 37.5. The molecule has 0 aromatic heterocycles. The van der Waals surface area contributed by atoms with Crippen molar-refractivity contribution in [2.24, 2.45) is 11.7 Å². The Hall–Kier alpha value is -2.61. The summed E-state index contributed by atoms with van der Waals surface area (Å²) in [5, 5.41) is 9.06. The number of hydrogen-bond donors (Lipinski definition) is 4. The zero-order valence-corrected chi connectivity index (χ0v) is 15.4. The third-order valence-electron chi connectivity index (χ3n) is 5.17. The van der Waals surface area contributed by atoms with Gasteiger partial charge in [0.15, 0.2) is 0 Å². The van der Waals surface area contributed by atoms with Crippen LogP contribution in [0.4, 0.5) is 10.5 Å². The molecule has 1 aromatic rings. The molecule has 2 heterocycles. The molecular formula is C19H27N5O3. The summed E-state index contributed by atoms with van der Waals surface area (Å²) in [5.74, 6) is -0.183. The van der Waals surface area contributed by atoms with Crippen LogP contribution in [0.15, 0.2) is 24.3 Å². The summed E-state index contributed by atoms with van der Waals surface area (Å²) in [7, 11) is 0. The monoisotopic (exact) mass is 373 g/mol. The number of benzene rings is 1. The van der Waals surface area contributed by atoms with Gasteiger partial charge in [0.1, 0.15) is 0 Å². The van der Waals surface area contributed by atoms with Crippen LogP contribution in [0.5, 0.6) is 0 Å². The first-order valence-electron chi connectivity index (χ1n) is 9.50. The number of carbonyl (C=O) groups excluding carboxylic acids is 3. The first-order valence-corrected chi connectivity index (χ1v) is 9.50. The Morgan fingerprint density at radius 1 is 1.15 bits per heavy atom. The van der Waals surface area contributed by atoms with Crippen molar-refractivity contribution < 1.29 is 14.4 Å². The number of rotatable bonds is 5. The van der Waals surface area contributed by atoms with Crippen LogP contribution in [-0.4, -0.2) is 55.0 Å². The lowest BCUT2D eigenvalue weighted by atomic mass is 9.98. The minimum absolute atomic E-state index is 0.0589. The minimum Gasteiger partial charge on any atom is -0.366 e. The van der Waals surface area contributed by atoms with Gasteiger partial charge in [0.25, 0.3) is 0 Å². The van der Waals surface area contributed by atoms with Gasteiger partial charge in [0.05, 0.1) is 6.04 Å². The number of nitrogens with two attached hydrogens (primary N) is 1. The molecule has 2 aliphatic rings. The third kappa shape index (κ3) is 5.19. The second-order valence-electron chi connectivity index (χ2n) is 7.22. The highest BCUT2D eigenvalue weighted by molar-refractivity contribution is 5.94. The Morgan fingerprint density at radius 2 is 1.93 bits per heavy atom. The van der Waals surface area contributed by atoms with Crippen LogP contribution in [0.1, 0.15) is 36.0 Å². The molecule has 2 unspecified atom stereocenters. The molecule has 0 saturated carbocycles. The zero-order chi connectivity index (χ0) is 19.2. The average Bonchev–Trinajstić information content (AvgIpc) is 3.21. The van der Waals surface area contributed by atoms with Gasteiger partial charge in [-0.15, -0.1) is 0 Å². The quantitative estimate of drug-likeness (QED) is 0.613. The Morgan fingerprint density at radius 3 is 2.59 bits per heavy atom. The minimum atomic E-state index is -0.499. The second-order valence-corrected chi connectivity index (χ2v) is 7.22. The molecule has 0 aliphatic carbocycles. The van der Waals surface area contributed by atoms with Gasteiger partial charge in [-0.25, -0.2) is 4.79 Å². The lowest BCUT2D eigenvalue weighted by Gasteiger charge is -2.33. The van der Waals surface area contributed by atoms with Crippen molar-refractivity contribution >= 4 is 23.5 Å². The number of piperidine rings is 1. The van der Waals surface area contributed by atoms with E-state index in [9.17, 15) is 14.4 Å². The van der Waals surface area contributed by atoms with E-state index in [0.717, 1.165) is 32.2 Å². The molecule has 0 radical (unpaired) electrons. The highest BCUT2D eigenvalue weighted by Crippen LogP contribution is 2.18. The fraction of sp³-hybridized carbons (Fsp3) is 0.526. The van der Waals surface area contributed by atoms with Crippen LogP contribution >= 0.6 is 0 Å². The second kappa shape index (κ2) is 8.85. The number of carbonyl (C=O) groups is 3.